The maximum absolute atomic E-state index is 12.4. The summed E-state index contributed by atoms with van der Waals surface area (Å²) < 4.78 is 22.9. The molecule has 16 heavy (non-hydrogen) atoms. The van der Waals surface area contributed by atoms with Gasteiger partial charge < -0.3 is 9.05 Å². The Bertz CT molecular complexity index is 366. The van der Waals surface area contributed by atoms with Gasteiger partial charge in [0.25, 0.3) is 0 Å². The van der Waals surface area contributed by atoms with Gasteiger partial charge in [0.15, 0.2) is 0 Å². The van der Waals surface area contributed by atoms with Crippen molar-refractivity contribution in [3.05, 3.63) is 29.8 Å². The molecule has 1 aromatic rings. The van der Waals surface area contributed by atoms with Crippen LogP contribution < -0.4 is 5.30 Å². The molecule has 0 N–H and O–H groups in total. The lowest BCUT2D eigenvalue weighted by atomic mass is 10.2. The van der Waals surface area contributed by atoms with Crippen LogP contribution in [0.15, 0.2) is 18.2 Å². The molecule has 0 aliphatic rings. The van der Waals surface area contributed by atoms with E-state index in [4.69, 9.17) is 9.05 Å². The quantitative estimate of drug-likeness (QED) is 0.718. The van der Waals surface area contributed by atoms with E-state index >= 15 is 0 Å². The van der Waals surface area contributed by atoms with Crippen molar-refractivity contribution in [2.45, 2.75) is 27.2 Å². The fraction of sp³-hybridized carbons (Fsp3) is 0.500. The third kappa shape index (κ3) is 3.18. The molecule has 0 aliphatic heterocycles. The molecule has 0 saturated carbocycles. The van der Waals surface area contributed by atoms with Gasteiger partial charge in [-0.2, -0.15) is 0 Å². The molecular weight excluding hydrogens is 223 g/mol. The predicted octanol–water partition coefficient (Wildman–Crippen LogP) is 2.94. The minimum atomic E-state index is -3.17. The first-order valence-corrected chi connectivity index (χ1v) is 7.10. The SMILES string of the molecule is CCOP(=O)(OCC)c1[c]ccc(CC)c1. The normalized spacial score (nSPS) is 11.7. The van der Waals surface area contributed by atoms with E-state index in [9.17, 15) is 4.57 Å². The monoisotopic (exact) mass is 241 g/mol. The Labute approximate surface area is 97.3 Å². The van der Waals surface area contributed by atoms with E-state index in [2.05, 4.69) is 6.07 Å². The number of rotatable bonds is 6. The van der Waals surface area contributed by atoms with Crippen LogP contribution in [-0.4, -0.2) is 13.2 Å². The van der Waals surface area contributed by atoms with Gasteiger partial charge in [-0.15, -0.1) is 0 Å². The maximum atomic E-state index is 12.4. The van der Waals surface area contributed by atoms with Gasteiger partial charge in [-0.1, -0.05) is 19.1 Å². The summed E-state index contributed by atoms with van der Waals surface area (Å²) in [6.45, 7) is 6.37. The molecule has 1 radical (unpaired) electrons. The van der Waals surface area contributed by atoms with Crippen molar-refractivity contribution in [3.8, 4) is 0 Å². The van der Waals surface area contributed by atoms with Crippen LogP contribution in [0.5, 0.6) is 0 Å². The van der Waals surface area contributed by atoms with Crippen molar-refractivity contribution in [1.82, 2.24) is 0 Å². The van der Waals surface area contributed by atoms with Crippen molar-refractivity contribution >= 4 is 12.9 Å². The summed E-state index contributed by atoms with van der Waals surface area (Å²) in [6.07, 6.45) is 0.889. The van der Waals surface area contributed by atoms with Gasteiger partial charge in [0.05, 0.1) is 18.5 Å². The Balaban J connectivity index is 3.05. The first-order valence-electron chi connectivity index (χ1n) is 5.56. The predicted molar refractivity (Wildman–Crippen MR) is 65.1 cm³/mol. The molecule has 0 fully saturated rings. The van der Waals surface area contributed by atoms with Gasteiger partial charge in [-0.25, -0.2) is 0 Å². The summed E-state index contributed by atoms with van der Waals surface area (Å²) >= 11 is 0. The van der Waals surface area contributed by atoms with E-state index in [1.54, 1.807) is 19.9 Å². The molecule has 0 unspecified atom stereocenters. The zero-order valence-electron chi connectivity index (χ0n) is 10.0. The molecule has 3 nitrogen and oxygen atoms in total. The molecule has 89 valence electrons. The first kappa shape index (κ1) is 13.4. The van der Waals surface area contributed by atoms with Crippen molar-refractivity contribution in [3.63, 3.8) is 0 Å². The Morgan fingerprint density at radius 1 is 1.25 bits per heavy atom. The summed E-state index contributed by atoms with van der Waals surface area (Å²) in [6, 6.07) is 8.49. The summed E-state index contributed by atoms with van der Waals surface area (Å²) in [4.78, 5) is 0. The van der Waals surface area contributed by atoms with Crippen LogP contribution in [0.4, 0.5) is 0 Å². The summed E-state index contributed by atoms with van der Waals surface area (Å²) in [7, 11) is -3.17. The van der Waals surface area contributed by atoms with Crippen LogP contribution in [0.1, 0.15) is 26.3 Å². The summed E-state index contributed by atoms with van der Waals surface area (Å²) in [5, 5.41) is 0.524. The Morgan fingerprint density at radius 3 is 2.38 bits per heavy atom. The Kier molecular flexibility index (Phi) is 5.20. The van der Waals surface area contributed by atoms with Crippen molar-refractivity contribution in [2.75, 3.05) is 13.2 Å². The van der Waals surface area contributed by atoms with E-state index in [0.29, 0.717) is 18.5 Å². The molecule has 0 bridgehead atoms. The van der Waals surface area contributed by atoms with Crippen LogP contribution in [-0.2, 0) is 20.0 Å². The smallest absolute Gasteiger partial charge is 0.305 e. The summed E-state index contributed by atoms with van der Waals surface area (Å²) in [5.41, 5.74) is 1.10. The van der Waals surface area contributed by atoms with Crippen molar-refractivity contribution in [2.24, 2.45) is 0 Å². The minimum absolute atomic E-state index is 0.363. The first-order chi connectivity index (χ1) is 7.66. The van der Waals surface area contributed by atoms with Crippen molar-refractivity contribution < 1.29 is 13.6 Å². The van der Waals surface area contributed by atoms with E-state index in [1.807, 2.05) is 19.1 Å². The molecule has 4 heteroatoms. The second-order valence-electron chi connectivity index (χ2n) is 3.27. The molecule has 0 spiro atoms. The highest BCUT2D eigenvalue weighted by Crippen LogP contribution is 2.46. The zero-order chi connectivity index (χ0) is 12.0. The second-order valence-corrected chi connectivity index (χ2v) is 5.26. The Morgan fingerprint density at radius 2 is 1.88 bits per heavy atom. The van der Waals surface area contributed by atoms with Crippen molar-refractivity contribution in [1.29, 1.82) is 0 Å². The van der Waals surface area contributed by atoms with E-state index < -0.39 is 7.60 Å². The van der Waals surface area contributed by atoms with Crippen LogP contribution in [0.3, 0.4) is 0 Å². The van der Waals surface area contributed by atoms with Gasteiger partial charge in [0, 0.05) is 0 Å². The fourth-order valence-electron chi connectivity index (χ4n) is 1.39. The topological polar surface area (TPSA) is 35.5 Å². The van der Waals surface area contributed by atoms with E-state index in [1.165, 1.54) is 0 Å². The van der Waals surface area contributed by atoms with Crippen LogP contribution in [0, 0.1) is 6.07 Å². The molecule has 0 aliphatic carbocycles. The molecule has 0 amide bonds. The van der Waals surface area contributed by atoms with Gasteiger partial charge in [0.1, 0.15) is 0 Å². The number of hydrogen-bond acceptors (Lipinski definition) is 3. The number of aryl methyl sites for hydroxylation is 1. The number of benzene rings is 1. The zero-order valence-corrected chi connectivity index (χ0v) is 10.9. The minimum Gasteiger partial charge on any atom is -0.305 e. The average Bonchev–Trinajstić information content (AvgIpc) is 2.30. The average molecular weight is 241 g/mol. The molecule has 0 atom stereocenters. The lowest BCUT2D eigenvalue weighted by Crippen LogP contribution is -2.11. The molecular formula is C12H18O3P. The Hall–Kier alpha value is -0.630. The van der Waals surface area contributed by atoms with Gasteiger partial charge in [0.2, 0.25) is 0 Å². The third-order valence-electron chi connectivity index (χ3n) is 2.15. The molecule has 1 aromatic carbocycles. The summed E-state index contributed by atoms with van der Waals surface area (Å²) in [5.74, 6) is 0. The highest BCUT2D eigenvalue weighted by atomic mass is 31.2. The molecule has 0 saturated heterocycles. The molecule has 1 rings (SSSR count). The molecule has 0 aromatic heterocycles. The largest absolute Gasteiger partial charge is 0.361 e. The van der Waals surface area contributed by atoms with Gasteiger partial charge in [-0.05, 0) is 38.0 Å². The van der Waals surface area contributed by atoms with E-state index in [-0.39, 0.29) is 0 Å². The highest BCUT2D eigenvalue weighted by Gasteiger charge is 2.26. The van der Waals surface area contributed by atoms with Gasteiger partial charge in [-0.3, -0.25) is 4.57 Å². The highest BCUT2D eigenvalue weighted by molar-refractivity contribution is 7.62. The third-order valence-corrected chi connectivity index (χ3v) is 4.20. The number of hydrogen-bond donors (Lipinski definition) is 0. The molecule has 0 heterocycles. The van der Waals surface area contributed by atoms with Crippen LogP contribution >= 0.6 is 7.60 Å². The lowest BCUT2D eigenvalue weighted by molar-refractivity contribution is 0.230. The van der Waals surface area contributed by atoms with Gasteiger partial charge >= 0.3 is 7.60 Å². The second kappa shape index (κ2) is 6.19. The standard InChI is InChI=1S/C12H18O3P/c1-4-11-8-7-9-12(10-11)16(13,14-5-2)15-6-3/h7-8,10H,4-6H2,1-3H3. The van der Waals surface area contributed by atoms with E-state index in [0.717, 1.165) is 12.0 Å². The maximum Gasteiger partial charge on any atom is 0.361 e. The fourth-order valence-corrected chi connectivity index (χ4v) is 2.98. The lowest BCUT2D eigenvalue weighted by Gasteiger charge is -2.17. The van der Waals surface area contributed by atoms with Crippen LogP contribution in [0.25, 0.3) is 0 Å². The van der Waals surface area contributed by atoms with Crippen LogP contribution in [0.2, 0.25) is 0 Å².